The number of amides is 1. The maximum absolute atomic E-state index is 12.5. The molecule has 0 bridgehead atoms. The van der Waals surface area contributed by atoms with Gasteiger partial charge in [0.2, 0.25) is 0 Å². The molecule has 4 rings (SSSR count). The van der Waals surface area contributed by atoms with Crippen LogP contribution < -0.4 is 5.32 Å². The fourth-order valence-corrected chi connectivity index (χ4v) is 2.82. The predicted octanol–water partition coefficient (Wildman–Crippen LogP) is 4.02. The molecule has 26 heavy (non-hydrogen) atoms. The number of aromatic amines is 1. The molecule has 2 N–H and O–H groups in total. The minimum absolute atomic E-state index is 0.120. The fourth-order valence-electron chi connectivity index (χ4n) is 2.82. The molecule has 0 spiro atoms. The van der Waals surface area contributed by atoms with Gasteiger partial charge < -0.3 is 9.84 Å². The number of nitrogens with one attached hydrogen (secondary N) is 2. The summed E-state index contributed by atoms with van der Waals surface area (Å²) < 4.78 is 5.36. The first kappa shape index (κ1) is 16.1. The summed E-state index contributed by atoms with van der Waals surface area (Å²) in [5.41, 5.74) is 4.27. The summed E-state index contributed by atoms with van der Waals surface area (Å²) in [4.78, 5) is 12.5. The van der Waals surface area contributed by atoms with E-state index in [0.29, 0.717) is 5.76 Å². The summed E-state index contributed by atoms with van der Waals surface area (Å²) in [5.74, 6) is 0.277. The third-order valence-corrected chi connectivity index (χ3v) is 4.39. The van der Waals surface area contributed by atoms with Gasteiger partial charge in [-0.2, -0.15) is 5.10 Å². The normalized spacial score (nSPS) is 12.2. The van der Waals surface area contributed by atoms with Gasteiger partial charge >= 0.3 is 0 Å². The van der Waals surface area contributed by atoms with E-state index in [1.54, 1.807) is 12.3 Å². The van der Waals surface area contributed by atoms with E-state index >= 15 is 0 Å². The molecular formula is C20H18N4O2. The Morgan fingerprint density at radius 1 is 1.15 bits per heavy atom. The van der Waals surface area contributed by atoms with Crippen LogP contribution in [-0.2, 0) is 0 Å². The molecule has 0 fully saturated rings. The Morgan fingerprint density at radius 2 is 1.96 bits per heavy atom. The van der Waals surface area contributed by atoms with Gasteiger partial charge in [-0.05, 0) is 37.6 Å². The Kier molecular flexibility index (Phi) is 4.01. The second-order valence-electron chi connectivity index (χ2n) is 6.35. The van der Waals surface area contributed by atoms with Gasteiger partial charge in [0, 0.05) is 17.0 Å². The fraction of sp³-hybridized carbons (Fsp3) is 0.150. The standard InChI is InChI=1S/C20H18N4O2/c1-12-3-5-14(6-4-12)13(2)22-20(25)18-10-19(26-24-18)15-7-8-17-16(9-15)11-21-23-17/h3-11,13H,1-2H3,(H,21,23)(H,22,25)/t13-/m1/s1. The van der Waals surface area contributed by atoms with Crippen LogP contribution in [0.3, 0.4) is 0 Å². The summed E-state index contributed by atoms with van der Waals surface area (Å²) in [7, 11) is 0. The Hall–Kier alpha value is -3.41. The summed E-state index contributed by atoms with van der Waals surface area (Å²) >= 11 is 0. The van der Waals surface area contributed by atoms with Crippen LogP contribution in [0.2, 0.25) is 0 Å². The van der Waals surface area contributed by atoms with Gasteiger partial charge in [0.1, 0.15) is 0 Å². The number of nitrogens with zero attached hydrogens (tertiary/aromatic N) is 2. The molecule has 2 aromatic carbocycles. The molecule has 0 aliphatic heterocycles. The van der Waals surface area contributed by atoms with Crippen molar-refractivity contribution < 1.29 is 9.32 Å². The highest BCUT2D eigenvalue weighted by molar-refractivity contribution is 5.93. The number of carbonyl (C=O) groups is 1. The van der Waals surface area contributed by atoms with Crippen molar-refractivity contribution in [2.45, 2.75) is 19.9 Å². The number of H-pyrrole nitrogens is 1. The summed E-state index contributed by atoms with van der Waals surface area (Å²) in [6.45, 7) is 3.97. The van der Waals surface area contributed by atoms with Crippen molar-refractivity contribution in [1.29, 1.82) is 0 Å². The molecule has 130 valence electrons. The van der Waals surface area contributed by atoms with Crippen molar-refractivity contribution >= 4 is 16.8 Å². The third kappa shape index (κ3) is 3.09. The Labute approximate surface area is 150 Å². The lowest BCUT2D eigenvalue weighted by Gasteiger charge is -2.13. The van der Waals surface area contributed by atoms with Gasteiger partial charge in [-0.25, -0.2) is 0 Å². The van der Waals surface area contributed by atoms with Crippen LogP contribution in [0.4, 0.5) is 0 Å². The van der Waals surface area contributed by atoms with Crippen LogP contribution in [0.25, 0.3) is 22.2 Å². The Balaban J connectivity index is 1.51. The van der Waals surface area contributed by atoms with E-state index in [9.17, 15) is 4.79 Å². The van der Waals surface area contributed by atoms with Gasteiger partial charge in [-0.1, -0.05) is 35.0 Å². The number of rotatable bonds is 4. The lowest BCUT2D eigenvalue weighted by atomic mass is 10.1. The number of aromatic nitrogens is 3. The Morgan fingerprint density at radius 3 is 2.77 bits per heavy atom. The van der Waals surface area contributed by atoms with Crippen molar-refractivity contribution in [2.75, 3.05) is 0 Å². The summed E-state index contributed by atoms with van der Waals surface area (Å²) in [6, 6.07) is 15.4. The molecule has 2 aromatic heterocycles. The van der Waals surface area contributed by atoms with Crippen molar-refractivity contribution in [3.05, 3.63) is 71.5 Å². The lowest BCUT2D eigenvalue weighted by Crippen LogP contribution is -2.26. The smallest absolute Gasteiger partial charge is 0.273 e. The van der Waals surface area contributed by atoms with E-state index in [-0.39, 0.29) is 17.6 Å². The van der Waals surface area contributed by atoms with E-state index in [0.717, 1.165) is 22.0 Å². The average molecular weight is 346 g/mol. The molecule has 1 atom stereocenters. The first-order chi connectivity index (χ1) is 12.6. The molecule has 6 nitrogen and oxygen atoms in total. The van der Waals surface area contributed by atoms with E-state index < -0.39 is 0 Å². The van der Waals surface area contributed by atoms with Crippen LogP contribution in [0.1, 0.15) is 34.6 Å². The van der Waals surface area contributed by atoms with Crippen LogP contribution in [0.15, 0.2) is 59.3 Å². The maximum Gasteiger partial charge on any atom is 0.273 e. The van der Waals surface area contributed by atoms with Gasteiger partial charge in [0.15, 0.2) is 11.5 Å². The topological polar surface area (TPSA) is 83.8 Å². The van der Waals surface area contributed by atoms with Crippen molar-refractivity contribution in [2.24, 2.45) is 0 Å². The lowest BCUT2D eigenvalue weighted by molar-refractivity contribution is 0.0931. The Bertz CT molecular complexity index is 1060. The first-order valence-corrected chi connectivity index (χ1v) is 8.38. The van der Waals surface area contributed by atoms with Gasteiger partial charge in [0.05, 0.1) is 17.8 Å². The number of benzene rings is 2. The third-order valence-electron chi connectivity index (χ3n) is 4.39. The van der Waals surface area contributed by atoms with Crippen LogP contribution in [-0.4, -0.2) is 21.3 Å². The molecule has 0 radical (unpaired) electrons. The summed E-state index contributed by atoms with van der Waals surface area (Å²) in [5, 5.41) is 14.7. The first-order valence-electron chi connectivity index (χ1n) is 8.38. The van der Waals surface area contributed by atoms with E-state index in [4.69, 9.17) is 4.52 Å². The largest absolute Gasteiger partial charge is 0.355 e. The van der Waals surface area contributed by atoms with E-state index in [2.05, 4.69) is 20.7 Å². The highest BCUT2D eigenvalue weighted by Gasteiger charge is 2.17. The van der Waals surface area contributed by atoms with Crippen molar-refractivity contribution in [3.63, 3.8) is 0 Å². The zero-order valence-electron chi connectivity index (χ0n) is 14.5. The highest BCUT2D eigenvalue weighted by Crippen LogP contribution is 2.24. The second kappa shape index (κ2) is 6.48. The zero-order chi connectivity index (χ0) is 18.1. The quantitative estimate of drug-likeness (QED) is 0.584. The molecule has 0 saturated carbocycles. The number of hydrogen-bond donors (Lipinski definition) is 2. The molecule has 0 aliphatic carbocycles. The highest BCUT2D eigenvalue weighted by atomic mass is 16.5. The van der Waals surface area contributed by atoms with Crippen LogP contribution >= 0.6 is 0 Å². The van der Waals surface area contributed by atoms with E-state index in [1.807, 2.05) is 56.3 Å². The SMILES string of the molecule is Cc1ccc([C@@H](C)NC(=O)c2cc(-c3ccc4[nH]ncc4c3)on2)cc1. The molecular weight excluding hydrogens is 328 g/mol. The molecule has 6 heteroatoms. The molecule has 0 aliphatic rings. The average Bonchev–Trinajstić information content (AvgIpc) is 3.31. The van der Waals surface area contributed by atoms with Gasteiger partial charge in [-0.3, -0.25) is 9.89 Å². The van der Waals surface area contributed by atoms with Crippen LogP contribution in [0, 0.1) is 6.92 Å². The molecule has 0 saturated heterocycles. The minimum Gasteiger partial charge on any atom is -0.355 e. The minimum atomic E-state index is -0.266. The molecule has 0 unspecified atom stereocenters. The zero-order valence-corrected chi connectivity index (χ0v) is 14.5. The van der Waals surface area contributed by atoms with Crippen LogP contribution in [0.5, 0.6) is 0 Å². The number of hydrogen-bond acceptors (Lipinski definition) is 4. The summed E-state index contributed by atoms with van der Waals surface area (Å²) in [6.07, 6.45) is 1.74. The number of aryl methyl sites for hydroxylation is 1. The van der Waals surface area contributed by atoms with E-state index in [1.165, 1.54) is 5.56 Å². The van der Waals surface area contributed by atoms with Crippen molar-refractivity contribution in [3.8, 4) is 11.3 Å². The van der Waals surface area contributed by atoms with Gasteiger partial charge in [-0.15, -0.1) is 0 Å². The molecule has 4 aromatic rings. The maximum atomic E-state index is 12.5. The monoisotopic (exact) mass is 346 g/mol. The molecule has 2 heterocycles. The second-order valence-corrected chi connectivity index (χ2v) is 6.35. The van der Waals surface area contributed by atoms with Crippen molar-refractivity contribution in [1.82, 2.24) is 20.7 Å². The number of fused-ring (bicyclic) bond motifs is 1. The number of carbonyl (C=O) groups excluding carboxylic acids is 1. The molecule has 1 amide bonds. The van der Waals surface area contributed by atoms with Gasteiger partial charge in [0.25, 0.3) is 5.91 Å². The predicted molar refractivity (Wildman–Crippen MR) is 98.7 cm³/mol.